The number of aliphatic hydroxyl groups is 1. The minimum Gasteiger partial charge on any atom is -0.392 e. The molecule has 126 valence electrons. The van der Waals surface area contributed by atoms with Crippen LogP contribution in [-0.2, 0) is 17.9 Å². The second-order valence-corrected chi connectivity index (χ2v) is 6.27. The highest BCUT2D eigenvalue weighted by molar-refractivity contribution is 5.95. The van der Waals surface area contributed by atoms with Gasteiger partial charge < -0.3 is 15.3 Å². The van der Waals surface area contributed by atoms with Gasteiger partial charge in [0, 0.05) is 31.2 Å². The highest BCUT2D eigenvalue weighted by atomic mass is 16.3. The van der Waals surface area contributed by atoms with E-state index < -0.39 is 0 Å². The minimum absolute atomic E-state index is 0.0544. The van der Waals surface area contributed by atoms with Crippen molar-refractivity contribution in [2.75, 3.05) is 11.4 Å². The van der Waals surface area contributed by atoms with Gasteiger partial charge >= 0.3 is 0 Å². The summed E-state index contributed by atoms with van der Waals surface area (Å²) in [5.41, 5.74) is 4.21. The first-order valence-corrected chi connectivity index (χ1v) is 8.50. The van der Waals surface area contributed by atoms with Crippen LogP contribution < -0.4 is 10.2 Å². The SMILES string of the molecule is CC(NCc1ccccc1CO)c1cccc(N2CCCC2=O)c1. The number of hydrogen-bond donors (Lipinski definition) is 2. The van der Waals surface area contributed by atoms with Crippen molar-refractivity contribution in [1.82, 2.24) is 5.32 Å². The van der Waals surface area contributed by atoms with Crippen molar-refractivity contribution < 1.29 is 9.90 Å². The van der Waals surface area contributed by atoms with E-state index in [4.69, 9.17) is 0 Å². The zero-order valence-corrected chi connectivity index (χ0v) is 14.0. The maximum Gasteiger partial charge on any atom is 0.227 e. The molecule has 1 fully saturated rings. The molecule has 3 rings (SSSR count). The largest absolute Gasteiger partial charge is 0.392 e. The summed E-state index contributed by atoms with van der Waals surface area (Å²) in [7, 11) is 0. The summed E-state index contributed by atoms with van der Waals surface area (Å²) < 4.78 is 0. The molecule has 2 aromatic carbocycles. The fraction of sp³-hybridized carbons (Fsp3) is 0.350. The van der Waals surface area contributed by atoms with E-state index in [9.17, 15) is 9.90 Å². The number of benzene rings is 2. The number of hydrogen-bond acceptors (Lipinski definition) is 3. The summed E-state index contributed by atoms with van der Waals surface area (Å²) in [4.78, 5) is 13.8. The zero-order valence-electron chi connectivity index (χ0n) is 14.0. The van der Waals surface area contributed by atoms with Gasteiger partial charge in [-0.25, -0.2) is 0 Å². The molecule has 0 radical (unpaired) electrons. The molecule has 0 spiro atoms. The first-order valence-electron chi connectivity index (χ1n) is 8.50. The molecule has 2 aromatic rings. The third-order valence-corrected chi connectivity index (χ3v) is 4.64. The van der Waals surface area contributed by atoms with Gasteiger partial charge in [-0.05, 0) is 42.2 Å². The molecule has 1 aliphatic rings. The number of carbonyl (C=O) groups is 1. The van der Waals surface area contributed by atoms with Gasteiger partial charge in [0.15, 0.2) is 0 Å². The van der Waals surface area contributed by atoms with Gasteiger partial charge in [-0.3, -0.25) is 4.79 Å². The van der Waals surface area contributed by atoms with Crippen molar-refractivity contribution in [3.05, 3.63) is 65.2 Å². The van der Waals surface area contributed by atoms with Crippen LogP contribution in [0.5, 0.6) is 0 Å². The van der Waals surface area contributed by atoms with Gasteiger partial charge in [-0.2, -0.15) is 0 Å². The Bertz CT molecular complexity index is 714. The highest BCUT2D eigenvalue weighted by Crippen LogP contribution is 2.25. The topological polar surface area (TPSA) is 52.6 Å². The maximum atomic E-state index is 11.9. The van der Waals surface area contributed by atoms with Crippen LogP contribution in [0.4, 0.5) is 5.69 Å². The normalized spacial score (nSPS) is 15.8. The Kier molecular flexibility index (Phi) is 5.28. The molecule has 1 saturated heterocycles. The Morgan fingerprint density at radius 2 is 1.96 bits per heavy atom. The average molecular weight is 324 g/mol. The number of carbonyl (C=O) groups excluding carboxylic acids is 1. The molecule has 1 amide bonds. The lowest BCUT2D eigenvalue weighted by molar-refractivity contribution is -0.117. The fourth-order valence-corrected chi connectivity index (χ4v) is 3.15. The van der Waals surface area contributed by atoms with Gasteiger partial charge in [0.05, 0.1) is 6.61 Å². The quantitative estimate of drug-likeness (QED) is 0.858. The molecule has 4 heteroatoms. The predicted molar refractivity (Wildman–Crippen MR) is 95.6 cm³/mol. The Hall–Kier alpha value is -2.17. The van der Waals surface area contributed by atoms with Gasteiger partial charge in [0.25, 0.3) is 0 Å². The smallest absolute Gasteiger partial charge is 0.227 e. The molecule has 1 unspecified atom stereocenters. The van der Waals surface area contributed by atoms with Gasteiger partial charge in [0.2, 0.25) is 5.91 Å². The third-order valence-electron chi connectivity index (χ3n) is 4.64. The van der Waals surface area contributed by atoms with Gasteiger partial charge in [0.1, 0.15) is 0 Å². The van der Waals surface area contributed by atoms with E-state index in [1.54, 1.807) is 0 Å². The van der Waals surface area contributed by atoms with Crippen LogP contribution in [0.3, 0.4) is 0 Å². The van der Waals surface area contributed by atoms with E-state index in [2.05, 4.69) is 24.4 Å². The zero-order chi connectivity index (χ0) is 16.9. The van der Waals surface area contributed by atoms with E-state index in [-0.39, 0.29) is 18.6 Å². The number of nitrogens with one attached hydrogen (secondary N) is 1. The molecule has 4 nitrogen and oxygen atoms in total. The van der Waals surface area contributed by atoms with Crippen molar-refractivity contribution in [1.29, 1.82) is 0 Å². The molecule has 0 bridgehead atoms. The molecular formula is C20H24N2O2. The van der Waals surface area contributed by atoms with Crippen molar-refractivity contribution in [3.63, 3.8) is 0 Å². The maximum absolute atomic E-state index is 11.9. The summed E-state index contributed by atoms with van der Waals surface area (Å²) in [5.74, 6) is 0.213. The number of amides is 1. The lowest BCUT2D eigenvalue weighted by Crippen LogP contribution is -2.24. The molecular weight excluding hydrogens is 300 g/mol. The highest BCUT2D eigenvalue weighted by Gasteiger charge is 2.22. The summed E-state index contributed by atoms with van der Waals surface area (Å²) in [6.07, 6.45) is 1.59. The molecule has 1 atom stereocenters. The average Bonchev–Trinajstić information content (AvgIpc) is 3.06. The van der Waals surface area contributed by atoms with E-state index in [1.807, 2.05) is 41.3 Å². The lowest BCUT2D eigenvalue weighted by atomic mass is 10.1. The molecule has 0 saturated carbocycles. The molecule has 2 N–H and O–H groups in total. The van der Waals surface area contributed by atoms with Crippen LogP contribution >= 0.6 is 0 Å². The Morgan fingerprint density at radius 1 is 1.17 bits per heavy atom. The Balaban J connectivity index is 1.69. The summed E-state index contributed by atoms with van der Waals surface area (Å²) in [6.45, 7) is 3.68. The van der Waals surface area contributed by atoms with Crippen LogP contribution in [0.1, 0.15) is 42.5 Å². The number of nitrogens with zero attached hydrogens (tertiary/aromatic N) is 1. The van der Waals surface area contributed by atoms with Gasteiger partial charge in [-0.1, -0.05) is 36.4 Å². The molecule has 0 aromatic heterocycles. The van der Waals surface area contributed by atoms with E-state index in [0.29, 0.717) is 13.0 Å². The molecule has 0 aliphatic carbocycles. The first-order chi connectivity index (χ1) is 11.7. The second kappa shape index (κ2) is 7.60. The summed E-state index contributed by atoms with van der Waals surface area (Å²) in [5, 5.41) is 12.9. The predicted octanol–water partition coefficient (Wildman–Crippen LogP) is 3.16. The molecule has 24 heavy (non-hydrogen) atoms. The third kappa shape index (κ3) is 3.66. The van der Waals surface area contributed by atoms with Crippen LogP contribution in [0.15, 0.2) is 48.5 Å². The number of rotatable bonds is 6. The number of aliphatic hydroxyl groups excluding tert-OH is 1. The van der Waals surface area contributed by atoms with Crippen LogP contribution in [0, 0.1) is 0 Å². The number of anilines is 1. The standard InChI is InChI=1S/C20H24N2O2/c1-15(21-13-17-6-2-3-7-18(17)14-23)16-8-4-9-19(12-16)22-11-5-10-20(22)24/h2-4,6-9,12,15,21,23H,5,10-11,13-14H2,1H3. The fourth-order valence-electron chi connectivity index (χ4n) is 3.15. The summed E-state index contributed by atoms with van der Waals surface area (Å²) >= 11 is 0. The van der Waals surface area contributed by atoms with Gasteiger partial charge in [-0.15, -0.1) is 0 Å². The van der Waals surface area contributed by atoms with Crippen LogP contribution in [0.2, 0.25) is 0 Å². The lowest BCUT2D eigenvalue weighted by Gasteiger charge is -2.20. The summed E-state index contributed by atoms with van der Waals surface area (Å²) in [6, 6.07) is 16.3. The Morgan fingerprint density at radius 3 is 2.67 bits per heavy atom. The molecule has 1 aliphatic heterocycles. The first kappa shape index (κ1) is 16.7. The van der Waals surface area contributed by atoms with E-state index in [0.717, 1.165) is 35.3 Å². The van der Waals surface area contributed by atoms with Crippen molar-refractivity contribution in [2.24, 2.45) is 0 Å². The van der Waals surface area contributed by atoms with Crippen molar-refractivity contribution >= 4 is 11.6 Å². The van der Waals surface area contributed by atoms with Crippen molar-refractivity contribution in [2.45, 2.75) is 39.0 Å². The Labute approximate surface area is 143 Å². The van der Waals surface area contributed by atoms with E-state index in [1.165, 1.54) is 0 Å². The van der Waals surface area contributed by atoms with Crippen molar-refractivity contribution in [3.8, 4) is 0 Å². The second-order valence-electron chi connectivity index (χ2n) is 6.27. The minimum atomic E-state index is 0.0544. The van der Waals surface area contributed by atoms with Crippen LogP contribution in [-0.4, -0.2) is 17.6 Å². The van der Waals surface area contributed by atoms with E-state index >= 15 is 0 Å². The molecule has 1 heterocycles. The monoisotopic (exact) mass is 324 g/mol. The van der Waals surface area contributed by atoms with Crippen LogP contribution in [0.25, 0.3) is 0 Å².